The number of aromatic nitrogens is 2. The number of nitrogens with zero attached hydrogens (tertiary/aromatic N) is 2. The number of carbonyl (C=O) groups excluding carboxylic acids is 1. The Morgan fingerprint density at radius 3 is 2.67 bits per heavy atom. The Hall–Kier alpha value is -2.79. The molecule has 5 nitrogen and oxygen atoms in total. The van der Waals surface area contributed by atoms with Crippen LogP contribution < -0.4 is 5.32 Å². The molecule has 1 amide bonds. The largest absolute Gasteiger partial charge is 0.378 e. The van der Waals surface area contributed by atoms with Crippen molar-refractivity contribution < 1.29 is 9.53 Å². The van der Waals surface area contributed by atoms with Crippen molar-refractivity contribution in [2.45, 2.75) is 31.9 Å². The molecule has 1 aliphatic heterocycles. The molecule has 136 valence electrons. The van der Waals surface area contributed by atoms with Crippen LogP contribution in [-0.4, -0.2) is 34.6 Å². The van der Waals surface area contributed by atoms with Crippen LogP contribution in [0.5, 0.6) is 0 Å². The van der Waals surface area contributed by atoms with E-state index in [0.717, 1.165) is 47.2 Å². The molecule has 1 N–H and O–H groups in total. The van der Waals surface area contributed by atoms with Crippen LogP contribution in [0.3, 0.4) is 0 Å². The van der Waals surface area contributed by atoms with E-state index in [-0.39, 0.29) is 11.9 Å². The number of nitrogens with one attached hydrogen (secondary N) is 1. The topological polar surface area (TPSA) is 64.1 Å². The second-order valence-corrected chi connectivity index (χ2v) is 7.47. The molecule has 2 aromatic carbocycles. The second kappa shape index (κ2) is 6.43. The number of fused-ring (bicyclic) bond motifs is 2. The average Bonchev–Trinajstić information content (AvgIpc) is 3.06. The molecule has 5 rings (SSSR count). The molecule has 0 spiro atoms. The van der Waals surface area contributed by atoms with Crippen molar-refractivity contribution in [3.63, 3.8) is 0 Å². The first-order valence-electron chi connectivity index (χ1n) is 9.43. The lowest BCUT2D eigenvalue weighted by atomic mass is 9.76. The normalized spacial score (nSPS) is 23.7. The third-order valence-electron chi connectivity index (χ3n) is 5.80. The summed E-state index contributed by atoms with van der Waals surface area (Å²) in [6.07, 6.45) is 6.02. The summed E-state index contributed by atoms with van der Waals surface area (Å²) in [7, 11) is 0. The van der Waals surface area contributed by atoms with Gasteiger partial charge in [-0.1, -0.05) is 18.2 Å². The Morgan fingerprint density at radius 2 is 1.85 bits per heavy atom. The van der Waals surface area contributed by atoms with E-state index in [1.807, 2.05) is 49.6 Å². The maximum atomic E-state index is 12.6. The van der Waals surface area contributed by atoms with Gasteiger partial charge in [0.15, 0.2) is 0 Å². The summed E-state index contributed by atoms with van der Waals surface area (Å²) in [4.78, 5) is 21.2. The van der Waals surface area contributed by atoms with E-state index < -0.39 is 0 Å². The fourth-order valence-corrected chi connectivity index (χ4v) is 4.12. The minimum absolute atomic E-state index is 0.00302. The third kappa shape index (κ3) is 2.98. The van der Waals surface area contributed by atoms with Crippen molar-refractivity contribution in [1.29, 1.82) is 0 Å². The maximum Gasteiger partial charge on any atom is 0.251 e. The number of carbonyl (C=O) groups is 1. The van der Waals surface area contributed by atoms with Crippen LogP contribution in [-0.2, 0) is 4.74 Å². The Bertz CT molecular complexity index is 1020. The summed E-state index contributed by atoms with van der Waals surface area (Å²) in [6.45, 7) is 2.70. The number of rotatable bonds is 3. The molecule has 1 saturated heterocycles. The van der Waals surface area contributed by atoms with Gasteiger partial charge in [-0.15, -0.1) is 0 Å². The Balaban J connectivity index is 1.36. The first-order chi connectivity index (χ1) is 13.2. The molecule has 3 aromatic rings. The van der Waals surface area contributed by atoms with Crippen molar-refractivity contribution in [2.24, 2.45) is 5.92 Å². The zero-order chi connectivity index (χ0) is 18.4. The van der Waals surface area contributed by atoms with E-state index >= 15 is 0 Å². The zero-order valence-corrected chi connectivity index (χ0v) is 15.2. The lowest BCUT2D eigenvalue weighted by molar-refractivity contribution is 0.00810. The Morgan fingerprint density at radius 1 is 1.07 bits per heavy atom. The number of hydrogen-bond acceptors (Lipinski definition) is 4. The molecular formula is C22H21N3O2. The Kier molecular flexibility index (Phi) is 3.90. The Labute approximate surface area is 157 Å². The highest BCUT2D eigenvalue weighted by molar-refractivity contribution is 5.99. The van der Waals surface area contributed by atoms with Crippen molar-refractivity contribution in [2.75, 3.05) is 6.61 Å². The van der Waals surface area contributed by atoms with E-state index in [4.69, 9.17) is 4.74 Å². The van der Waals surface area contributed by atoms with Crippen LogP contribution in [0.4, 0.5) is 0 Å². The predicted molar refractivity (Wildman–Crippen MR) is 103 cm³/mol. The van der Waals surface area contributed by atoms with E-state index in [2.05, 4.69) is 21.4 Å². The monoisotopic (exact) mass is 359 g/mol. The number of hydrogen-bond donors (Lipinski definition) is 1. The minimum atomic E-state index is 0.00302. The lowest BCUT2D eigenvalue weighted by Crippen LogP contribution is -2.53. The molecule has 2 fully saturated rings. The van der Waals surface area contributed by atoms with Gasteiger partial charge in [0, 0.05) is 42.1 Å². The summed E-state index contributed by atoms with van der Waals surface area (Å²) in [6, 6.07) is 12.3. The number of amides is 1. The predicted octanol–water partition coefficient (Wildman–Crippen LogP) is 3.51. The fraction of sp³-hybridized carbons (Fsp3) is 0.318. The van der Waals surface area contributed by atoms with Crippen LogP contribution >= 0.6 is 0 Å². The summed E-state index contributed by atoms with van der Waals surface area (Å²) in [5, 5.41) is 5.32. The first kappa shape index (κ1) is 16.4. The van der Waals surface area contributed by atoms with E-state index in [9.17, 15) is 4.79 Å². The molecular weight excluding hydrogens is 338 g/mol. The van der Waals surface area contributed by atoms with Crippen LogP contribution in [0.15, 0.2) is 48.8 Å². The highest BCUT2D eigenvalue weighted by Crippen LogP contribution is 2.38. The molecule has 0 unspecified atom stereocenters. The average molecular weight is 359 g/mol. The van der Waals surface area contributed by atoms with Crippen molar-refractivity contribution in [1.82, 2.24) is 15.3 Å². The van der Waals surface area contributed by atoms with Gasteiger partial charge in [0.25, 0.3) is 5.91 Å². The quantitative estimate of drug-likeness (QED) is 0.777. The minimum Gasteiger partial charge on any atom is -0.378 e. The third-order valence-corrected chi connectivity index (χ3v) is 5.80. The number of aryl methyl sites for hydroxylation is 1. The van der Waals surface area contributed by atoms with Gasteiger partial charge in [-0.05, 0) is 54.3 Å². The number of ether oxygens (including phenoxy) is 1. The van der Waals surface area contributed by atoms with Crippen LogP contribution in [0.25, 0.3) is 21.9 Å². The van der Waals surface area contributed by atoms with Crippen molar-refractivity contribution in [3.05, 3.63) is 60.2 Å². The summed E-state index contributed by atoms with van der Waals surface area (Å²) < 4.78 is 5.62. The molecule has 5 heteroatoms. The summed E-state index contributed by atoms with van der Waals surface area (Å²) >= 11 is 0. The maximum absolute atomic E-state index is 12.6. The van der Waals surface area contributed by atoms with Gasteiger partial charge >= 0.3 is 0 Å². The molecule has 1 aliphatic carbocycles. The van der Waals surface area contributed by atoms with Gasteiger partial charge in [-0.2, -0.15) is 0 Å². The van der Waals surface area contributed by atoms with Gasteiger partial charge in [0.2, 0.25) is 0 Å². The van der Waals surface area contributed by atoms with E-state index in [1.54, 1.807) is 0 Å². The fourth-order valence-electron chi connectivity index (χ4n) is 4.12. The standard InChI is InChI=1S/C22H21N3O2/c1-13-23-11-18(12-24-13)16-3-2-15-9-17(5-4-14(15)8-16)22(26)25-20-10-21-19(20)6-7-27-21/h2-5,8-9,11-12,19-21H,6-7,10H2,1H3,(H,25,26)/t19-,20+,21+/m0/s1. The summed E-state index contributed by atoms with van der Waals surface area (Å²) in [5.74, 6) is 1.26. The second-order valence-electron chi connectivity index (χ2n) is 7.47. The molecule has 2 heterocycles. The molecule has 2 aliphatic rings. The van der Waals surface area contributed by atoms with Gasteiger partial charge < -0.3 is 10.1 Å². The molecule has 1 aromatic heterocycles. The van der Waals surface area contributed by atoms with Crippen molar-refractivity contribution in [3.8, 4) is 11.1 Å². The molecule has 1 saturated carbocycles. The lowest BCUT2D eigenvalue weighted by Gasteiger charge is -2.39. The van der Waals surface area contributed by atoms with Crippen molar-refractivity contribution >= 4 is 16.7 Å². The molecule has 0 bridgehead atoms. The van der Waals surface area contributed by atoms with Gasteiger partial charge in [0.1, 0.15) is 5.82 Å². The highest BCUT2D eigenvalue weighted by atomic mass is 16.5. The van der Waals surface area contributed by atoms with E-state index in [1.165, 1.54) is 0 Å². The smallest absolute Gasteiger partial charge is 0.251 e. The first-order valence-corrected chi connectivity index (χ1v) is 9.43. The zero-order valence-electron chi connectivity index (χ0n) is 15.2. The van der Waals surface area contributed by atoms with Gasteiger partial charge in [-0.25, -0.2) is 9.97 Å². The molecule has 27 heavy (non-hydrogen) atoms. The molecule has 0 radical (unpaired) electrons. The van der Waals surface area contributed by atoms with Crippen LogP contribution in [0.1, 0.15) is 29.0 Å². The van der Waals surface area contributed by atoms with Gasteiger partial charge in [-0.3, -0.25) is 4.79 Å². The van der Waals surface area contributed by atoms with Crippen LogP contribution in [0.2, 0.25) is 0 Å². The van der Waals surface area contributed by atoms with E-state index in [0.29, 0.717) is 17.6 Å². The van der Waals surface area contributed by atoms with Crippen LogP contribution in [0, 0.1) is 12.8 Å². The molecule has 3 atom stereocenters. The highest BCUT2D eigenvalue weighted by Gasteiger charge is 2.45. The van der Waals surface area contributed by atoms with Gasteiger partial charge in [0.05, 0.1) is 6.10 Å². The number of benzene rings is 2. The SMILES string of the molecule is Cc1ncc(-c2ccc3cc(C(=O)N[C@@H]4C[C@H]5OCC[C@@H]45)ccc3c2)cn1. The summed E-state index contributed by atoms with van der Waals surface area (Å²) in [5.41, 5.74) is 2.76.